The minimum atomic E-state index is -0.291. The van der Waals surface area contributed by atoms with Gasteiger partial charge in [0.2, 0.25) is 0 Å². The zero-order chi connectivity index (χ0) is 14.1. The van der Waals surface area contributed by atoms with Crippen molar-refractivity contribution in [1.82, 2.24) is 9.78 Å². The SMILES string of the molecule is CC1(C)Cc2c(C3OC(C)(C)C(C)(C)O3)cnn2C1. The van der Waals surface area contributed by atoms with Gasteiger partial charge in [-0.25, -0.2) is 0 Å². The summed E-state index contributed by atoms with van der Waals surface area (Å²) < 4.78 is 14.4. The highest BCUT2D eigenvalue weighted by atomic mass is 16.7. The number of hydrogen-bond donors (Lipinski definition) is 0. The van der Waals surface area contributed by atoms with Crippen molar-refractivity contribution >= 4 is 0 Å². The Labute approximate surface area is 115 Å². The molecule has 1 aromatic rings. The lowest BCUT2D eigenvalue weighted by Gasteiger charge is -2.30. The first kappa shape index (κ1) is 13.1. The molecule has 0 saturated carbocycles. The number of rotatable bonds is 1. The quantitative estimate of drug-likeness (QED) is 0.782. The molecule has 2 aliphatic rings. The van der Waals surface area contributed by atoms with Gasteiger partial charge in [0.1, 0.15) is 0 Å². The van der Waals surface area contributed by atoms with Crippen LogP contribution in [0.4, 0.5) is 0 Å². The molecule has 0 bridgehead atoms. The van der Waals surface area contributed by atoms with Crippen molar-refractivity contribution in [2.24, 2.45) is 5.41 Å². The van der Waals surface area contributed by atoms with E-state index in [1.165, 1.54) is 5.69 Å². The van der Waals surface area contributed by atoms with Crippen LogP contribution in [0.15, 0.2) is 6.20 Å². The van der Waals surface area contributed by atoms with E-state index in [9.17, 15) is 0 Å². The maximum absolute atomic E-state index is 6.13. The normalized spacial score (nSPS) is 27.7. The van der Waals surface area contributed by atoms with Crippen LogP contribution < -0.4 is 0 Å². The van der Waals surface area contributed by atoms with Crippen LogP contribution in [0.25, 0.3) is 0 Å². The van der Waals surface area contributed by atoms with Crippen LogP contribution in [0.5, 0.6) is 0 Å². The molecule has 19 heavy (non-hydrogen) atoms. The largest absolute Gasteiger partial charge is 0.339 e. The molecule has 0 amide bonds. The Morgan fingerprint density at radius 2 is 1.68 bits per heavy atom. The summed E-state index contributed by atoms with van der Waals surface area (Å²) in [4.78, 5) is 0. The number of nitrogens with zero attached hydrogens (tertiary/aromatic N) is 2. The molecule has 3 heterocycles. The number of ether oxygens (including phenoxy) is 2. The van der Waals surface area contributed by atoms with Crippen LogP contribution in [0.1, 0.15) is 59.1 Å². The Morgan fingerprint density at radius 1 is 1.11 bits per heavy atom. The third kappa shape index (κ3) is 1.93. The van der Waals surface area contributed by atoms with E-state index in [0.29, 0.717) is 0 Å². The van der Waals surface area contributed by atoms with Crippen molar-refractivity contribution in [2.45, 2.75) is 72.0 Å². The van der Waals surface area contributed by atoms with Gasteiger partial charge in [-0.1, -0.05) is 13.8 Å². The molecule has 0 aromatic carbocycles. The van der Waals surface area contributed by atoms with E-state index >= 15 is 0 Å². The van der Waals surface area contributed by atoms with Gasteiger partial charge in [0.25, 0.3) is 0 Å². The summed E-state index contributed by atoms with van der Waals surface area (Å²) in [5.41, 5.74) is 2.07. The third-order valence-corrected chi connectivity index (χ3v) is 4.71. The van der Waals surface area contributed by atoms with Crippen LogP contribution in [-0.4, -0.2) is 21.0 Å². The summed E-state index contributed by atoms with van der Waals surface area (Å²) in [5.74, 6) is 0. The van der Waals surface area contributed by atoms with Crippen molar-refractivity contribution in [3.8, 4) is 0 Å². The fourth-order valence-electron chi connectivity index (χ4n) is 2.84. The van der Waals surface area contributed by atoms with Crippen molar-refractivity contribution < 1.29 is 9.47 Å². The van der Waals surface area contributed by atoms with E-state index in [0.717, 1.165) is 18.5 Å². The lowest BCUT2D eigenvalue weighted by atomic mass is 9.90. The highest BCUT2D eigenvalue weighted by Crippen LogP contribution is 2.46. The van der Waals surface area contributed by atoms with Crippen molar-refractivity contribution in [3.05, 3.63) is 17.5 Å². The molecule has 3 rings (SSSR count). The van der Waals surface area contributed by atoms with Gasteiger partial charge in [-0.05, 0) is 39.5 Å². The van der Waals surface area contributed by atoms with Gasteiger partial charge >= 0.3 is 0 Å². The molecule has 0 radical (unpaired) electrons. The molecule has 0 unspecified atom stereocenters. The number of fused-ring (bicyclic) bond motifs is 1. The minimum absolute atomic E-state index is 0.280. The number of aromatic nitrogens is 2. The number of hydrogen-bond acceptors (Lipinski definition) is 3. The first-order valence-corrected chi connectivity index (χ1v) is 7.02. The van der Waals surface area contributed by atoms with E-state index < -0.39 is 0 Å². The lowest BCUT2D eigenvalue weighted by Crippen LogP contribution is -2.41. The molecular formula is C15H24N2O2. The Morgan fingerprint density at radius 3 is 2.26 bits per heavy atom. The van der Waals surface area contributed by atoms with E-state index in [1.807, 2.05) is 6.20 Å². The standard InChI is InChI=1S/C15H24N2O2/c1-13(2)7-11-10(8-16-17(11)9-13)12-18-14(3,4)15(5,6)19-12/h8,12H,7,9H2,1-6H3. The smallest absolute Gasteiger partial charge is 0.188 e. The van der Waals surface area contributed by atoms with Crippen molar-refractivity contribution in [1.29, 1.82) is 0 Å². The summed E-state index contributed by atoms with van der Waals surface area (Å²) in [6.07, 6.45) is 2.65. The van der Waals surface area contributed by atoms with Gasteiger partial charge < -0.3 is 9.47 Å². The highest BCUT2D eigenvalue weighted by Gasteiger charge is 2.50. The first-order chi connectivity index (χ1) is 8.61. The first-order valence-electron chi connectivity index (χ1n) is 7.02. The maximum Gasteiger partial charge on any atom is 0.188 e. The molecule has 0 atom stereocenters. The zero-order valence-corrected chi connectivity index (χ0v) is 12.8. The minimum Gasteiger partial charge on any atom is -0.339 e. The third-order valence-electron chi connectivity index (χ3n) is 4.71. The second-order valence-corrected chi connectivity index (χ2v) is 7.63. The molecule has 1 aromatic heterocycles. The van der Waals surface area contributed by atoms with E-state index in [4.69, 9.17) is 9.47 Å². The Balaban J connectivity index is 1.91. The topological polar surface area (TPSA) is 36.3 Å². The summed E-state index contributed by atoms with van der Waals surface area (Å²) >= 11 is 0. The van der Waals surface area contributed by atoms with Gasteiger partial charge in [0.05, 0.1) is 17.4 Å². The van der Waals surface area contributed by atoms with Crippen LogP contribution in [0.3, 0.4) is 0 Å². The molecule has 0 spiro atoms. The fourth-order valence-corrected chi connectivity index (χ4v) is 2.84. The van der Waals surface area contributed by atoms with E-state index in [2.05, 4.69) is 51.3 Å². The molecule has 1 fully saturated rings. The molecule has 4 nitrogen and oxygen atoms in total. The van der Waals surface area contributed by atoms with Crippen LogP contribution in [0.2, 0.25) is 0 Å². The Bertz CT molecular complexity index is 498. The molecule has 0 N–H and O–H groups in total. The predicted octanol–water partition coefficient (Wildman–Crippen LogP) is 3.07. The fraction of sp³-hybridized carbons (Fsp3) is 0.800. The molecule has 0 aliphatic carbocycles. The molecular weight excluding hydrogens is 240 g/mol. The van der Waals surface area contributed by atoms with E-state index in [-0.39, 0.29) is 22.9 Å². The van der Waals surface area contributed by atoms with Crippen molar-refractivity contribution in [2.75, 3.05) is 0 Å². The molecule has 4 heteroatoms. The van der Waals surface area contributed by atoms with Crippen LogP contribution >= 0.6 is 0 Å². The molecule has 1 saturated heterocycles. The summed E-state index contributed by atoms with van der Waals surface area (Å²) in [6.45, 7) is 13.9. The van der Waals surface area contributed by atoms with Crippen molar-refractivity contribution in [3.63, 3.8) is 0 Å². The Hall–Kier alpha value is -0.870. The monoisotopic (exact) mass is 264 g/mol. The zero-order valence-electron chi connectivity index (χ0n) is 12.8. The maximum atomic E-state index is 6.13. The van der Waals surface area contributed by atoms with Crippen LogP contribution in [-0.2, 0) is 22.4 Å². The van der Waals surface area contributed by atoms with Crippen LogP contribution in [0, 0.1) is 5.41 Å². The summed E-state index contributed by atoms with van der Waals surface area (Å²) in [6, 6.07) is 0. The molecule has 2 aliphatic heterocycles. The summed E-state index contributed by atoms with van der Waals surface area (Å²) in [5, 5.41) is 4.49. The van der Waals surface area contributed by atoms with Gasteiger partial charge in [0.15, 0.2) is 6.29 Å². The average Bonchev–Trinajstić information content (AvgIpc) is 2.75. The molecule has 106 valence electrons. The highest BCUT2D eigenvalue weighted by molar-refractivity contribution is 5.25. The van der Waals surface area contributed by atoms with Gasteiger partial charge in [0, 0.05) is 17.8 Å². The predicted molar refractivity (Wildman–Crippen MR) is 72.8 cm³/mol. The second kappa shape index (κ2) is 3.61. The van der Waals surface area contributed by atoms with Gasteiger partial charge in [-0.2, -0.15) is 5.10 Å². The van der Waals surface area contributed by atoms with Gasteiger partial charge in [-0.15, -0.1) is 0 Å². The second-order valence-electron chi connectivity index (χ2n) is 7.63. The van der Waals surface area contributed by atoms with E-state index in [1.54, 1.807) is 0 Å². The Kier molecular flexibility index (Phi) is 2.50. The van der Waals surface area contributed by atoms with Gasteiger partial charge in [-0.3, -0.25) is 4.68 Å². The lowest BCUT2D eigenvalue weighted by molar-refractivity contribution is -0.0900. The average molecular weight is 264 g/mol. The summed E-state index contributed by atoms with van der Waals surface area (Å²) in [7, 11) is 0.